The highest BCUT2D eigenvalue weighted by Gasteiger charge is 2.04. The first-order chi connectivity index (χ1) is 6.08. The van der Waals surface area contributed by atoms with Gasteiger partial charge in [0.1, 0.15) is 0 Å². The molecule has 0 aromatic carbocycles. The topological polar surface area (TPSA) is 44.0 Å². The van der Waals surface area contributed by atoms with Crippen LogP contribution >= 0.6 is 0 Å². The molecule has 0 saturated heterocycles. The van der Waals surface area contributed by atoms with Crippen molar-refractivity contribution in [2.75, 3.05) is 26.0 Å². The molecular formula is C9H18N4. The van der Waals surface area contributed by atoms with Gasteiger partial charge in [-0.3, -0.25) is 0 Å². The van der Waals surface area contributed by atoms with Crippen LogP contribution in [0.4, 0.5) is 5.95 Å². The second-order valence-electron chi connectivity index (χ2n) is 3.72. The SMILES string of the molecule is Cc1cnc(NC(C)CN(C)C)[nH]1. The van der Waals surface area contributed by atoms with E-state index in [9.17, 15) is 0 Å². The Kier molecular flexibility index (Phi) is 3.31. The lowest BCUT2D eigenvalue weighted by Gasteiger charge is -2.17. The number of likely N-dealkylation sites (N-methyl/N-ethyl adjacent to an activating group) is 1. The molecule has 13 heavy (non-hydrogen) atoms. The lowest BCUT2D eigenvalue weighted by atomic mass is 10.3. The summed E-state index contributed by atoms with van der Waals surface area (Å²) in [6, 6.07) is 0.403. The summed E-state index contributed by atoms with van der Waals surface area (Å²) in [6.07, 6.45) is 1.82. The molecule has 1 aromatic heterocycles. The molecule has 2 N–H and O–H groups in total. The Morgan fingerprint density at radius 3 is 2.77 bits per heavy atom. The molecule has 1 heterocycles. The molecule has 1 aromatic rings. The Hall–Kier alpha value is -1.03. The zero-order valence-corrected chi connectivity index (χ0v) is 8.76. The van der Waals surface area contributed by atoms with Gasteiger partial charge in [-0.1, -0.05) is 0 Å². The molecule has 0 bridgehead atoms. The zero-order valence-electron chi connectivity index (χ0n) is 8.76. The van der Waals surface area contributed by atoms with Crippen molar-refractivity contribution >= 4 is 5.95 Å². The van der Waals surface area contributed by atoms with Crippen molar-refractivity contribution in [3.8, 4) is 0 Å². The third-order valence-corrected chi connectivity index (χ3v) is 1.72. The van der Waals surface area contributed by atoms with E-state index in [1.807, 2.05) is 13.1 Å². The highest BCUT2D eigenvalue weighted by atomic mass is 15.2. The van der Waals surface area contributed by atoms with E-state index in [-0.39, 0.29) is 0 Å². The predicted octanol–water partition coefficient (Wildman–Crippen LogP) is 1.08. The number of imidazole rings is 1. The zero-order chi connectivity index (χ0) is 9.84. The predicted molar refractivity (Wildman–Crippen MR) is 55.0 cm³/mol. The van der Waals surface area contributed by atoms with E-state index in [1.165, 1.54) is 0 Å². The molecule has 0 saturated carbocycles. The first kappa shape index (κ1) is 10.1. The van der Waals surface area contributed by atoms with Crippen LogP contribution in [0.2, 0.25) is 0 Å². The average molecular weight is 182 g/mol. The normalized spacial score (nSPS) is 13.3. The van der Waals surface area contributed by atoms with Gasteiger partial charge in [0.05, 0.1) is 0 Å². The Bertz CT molecular complexity index is 254. The lowest BCUT2D eigenvalue weighted by molar-refractivity contribution is 0.391. The smallest absolute Gasteiger partial charge is 0.200 e. The lowest BCUT2D eigenvalue weighted by Crippen LogP contribution is -2.29. The fourth-order valence-electron chi connectivity index (χ4n) is 1.31. The molecule has 0 aliphatic heterocycles. The summed E-state index contributed by atoms with van der Waals surface area (Å²) < 4.78 is 0. The van der Waals surface area contributed by atoms with Gasteiger partial charge in [-0.15, -0.1) is 0 Å². The van der Waals surface area contributed by atoms with Crippen LogP contribution in [0.5, 0.6) is 0 Å². The molecule has 4 nitrogen and oxygen atoms in total. The molecule has 1 atom stereocenters. The molecular weight excluding hydrogens is 164 g/mol. The van der Waals surface area contributed by atoms with Gasteiger partial charge in [0, 0.05) is 24.5 Å². The van der Waals surface area contributed by atoms with Crippen molar-refractivity contribution in [3.05, 3.63) is 11.9 Å². The molecule has 0 amide bonds. The number of rotatable bonds is 4. The van der Waals surface area contributed by atoms with Crippen molar-refractivity contribution in [1.82, 2.24) is 14.9 Å². The second kappa shape index (κ2) is 4.28. The summed E-state index contributed by atoms with van der Waals surface area (Å²) in [5.41, 5.74) is 1.08. The van der Waals surface area contributed by atoms with E-state index in [2.05, 4.69) is 41.2 Å². The highest BCUT2D eigenvalue weighted by molar-refractivity contribution is 5.27. The molecule has 0 aliphatic carbocycles. The van der Waals surface area contributed by atoms with E-state index in [0.717, 1.165) is 18.2 Å². The molecule has 0 radical (unpaired) electrons. The molecule has 0 fully saturated rings. The van der Waals surface area contributed by atoms with Crippen LogP contribution in [0, 0.1) is 6.92 Å². The Labute approximate surface area is 79.4 Å². The van der Waals surface area contributed by atoms with Gasteiger partial charge in [0.25, 0.3) is 0 Å². The van der Waals surface area contributed by atoms with Crippen LogP contribution in [0.25, 0.3) is 0 Å². The van der Waals surface area contributed by atoms with E-state index < -0.39 is 0 Å². The highest BCUT2D eigenvalue weighted by Crippen LogP contribution is 2.02. The van der Waals surface area contributed by atoms with E-state index in [4.69, 9.17) is 0 Å². The number of nitrogens with one attached hydrogen (secondary N) is 2. The van der Waals surface area contributed by atoms with Crippen LogP contribution in [0.1, 0.15) is 12.6 Å². The first-order valence-electron chi connectivity index (χ1n) is 4.51. The summed E-state index contributed by atoms with van der Waals surface area (Å²) in [4.78, 5) is 9.46. The Balaban J connectivity index is 2.40. The summed E-state index contributed by atoms with van der Waals surface area (Å²) in [7, 11) is 4.12. The largest absolute Gasteiger partial charge is 0.352 e. The van der Waals surface area contributed by atoms with Gasteiger partial charge < -0.3 is 15.2 Å². The quantitative estimate of drug-likeness (QED) is 0.732. The van der Waals surface area contributed by atoms with Gasteiger partial charge in [0.15, 0.2) is 0 Å². The summed E-state index contributed by atoms with van der Waals surface area (Å²) in [6.45, 7) is 5.13. The van der Waals surface area contributed by atoms with Crippen LogP contribution < -0.4 is 5.32 Å². The molecule has 4 heteroatoms. The number of anilines is 1. The number of aromatic amines is 1. The van der Waals surface area contributed by atoms with E-state index >= 15 is 0 Å². The van der Waals surface area contributed by atoms with Crippen molar-refractivity contribution in [2.24, 2.45) is 0 Å². The summed E-state index contributed by atoms with van der Waals surface area (Å²) >= 11 is 0. The molecule has 1 rings (SSSR count). The van der Waals surface area contributed by atoms with E-state index in [0.29, 0.717) is 6.04 Å². The monoisotopic (exact) mass is 182 g/mol. The standard InChI is InChI=1S/C9H18N4/c1-7-5-10-9(11-7)12-8(2)6-13(3)4/h5,8H,6H2,1-4H3,(H2,10,11,12). The van der Waals surface area contributed by atoms with Crippen molar-refractivity contribution in [3.63, 3.8) is 0 Å². The number of aryl methyl sites for hydroxylation is 1. The maximum Gasteiger partial charge on any atom is 0.200 e. The van der Waals surface area contributed by atoms with Gasteiger partial charge in [-0.05, 0) is 27.9 Å². The molecule has 0 spiro atoms. The van der Waals surface area contributed by atoms with Crippen LogP contribution in [-0.4, -0.2) is 41.5 Å². The Morgan fingerprint density at radius 2 is 2.31 bits per heavy atom. The summed E-state index contributed by atoms with van der Waals surface area (Å²) in [5, 5.41) is 3.29. The maximum atomic E-state index is 4.18. The van der Waals surface area contributed by atoms with Crippen molar-refractivity contribution < 1.29 is 0 Å². The maximum absolute atomic E-state index is 4.18. The third kappa shape index (κ3) is 3.46. The number of nitrogens with zero attached hydrogens (tertiary/aromatic N) is 2. The molecule has 0 aliphatic rings. The van der Waals surface area contributed by atoms with Gasteiger partial charge >= 0.3 is 0 Å². The van der Waals surface area contributed by atoms with Gasteiger partial charge in [-0.2, -0.15) is 0 Å². The summed E-state index contributed by atoms with van der Waals surface area (Å²) in [5.74, 6) is 0.854. The average Bonchev–Trinajstić information content (AvgIpc) is 2.33. The fourth-order valence-corrected chi connectivity index (χ4v) is 1.31. The molecule has 74 valence electrons. The number of aromatic nitrogens is 2. The molecule has 1 unspecified atom stereocenters. The number of hydrogen-bond donors (Lipinski definition) is 2. The minimum atomic E-state index is 0.403. The van der Waals surface area contributed by atoms with Crippen LogP contribution in [0.3, 0.4) is 0 Å². The van der Waals surface area contributed by atoms with Crippen molar-refractivity contribution in [1.29, 1.82) is 0 Å². The number of H-pyrrole nitrogens is 1. The van der Waals surface area contributed by atoms with Gasteiger partial charge in [-0.25, -0.2) is 4.98 Å². The first-order valence-corrected chi connectivity index (χ1v) is 4.51. The van der Waals surface area contributed by atoms with Crippen molar-refractivity contribution in [2.45, 2.75) is 19.9 Å². The second-order valence-corrected chi connectivity index (χ2v) is 3.72. The van der Waals surface area contributed by atoms with E-state index in [1.54, 1.807) is 0 Å². The third-order valence-electron chi connectivity index (χ3n) is 1.72. The fraction of sp³-hybridized carbons (Fsp3) is 0.667. The Morgan fingerprint density at radius 1 is 1.62 bits per heavy atom. The minimum absolute atomic E-state index is 0.403. The number of hydrogen-bond acceptors (Lipinski definition) is 3. The van der Waals surface area contributed by atoms with Crippen LogP contribution in [-0.2, 0) is 0 Å². The van der Waals surface area contributed by atoms with Crippen LogP contribution in [0.15, 0.2) is 6.20 Å². The minimum Gasteiger partial charge on any atom is -0.352 e. The van der Waals surface area contributed by atoms with Gasteiger partial charge in [0.2, 0.25) is 5.95 Å².